The molecule has 0 spiro atoms. The van der Waals surface area contributed by atoms with Crippen molar-refractivity contribution in [2.24, 2.45) is 0 Å². The Kier molecular flexibility index (Phi) is 6.91. The number of aliphatic carboxylic acids is 1. The summed E-state index contributed by atoms with van der Waals surface area (Å²) in [6, 6.07) is 8.73. The van der Waals surface area contributed by atoms with Crippen molar-refractivity contribution in [1.29, 1.82) is 0 Å². The second-order valence-corrected chi connectivity index (χ2v) is 7.57. The monoisotopic (exact) mass is 372 g/mol. The lowest BCUT2D eigenvalue weighted by atomic mass is 10.0. The summed E-state index contributed by atoms with van der Waals surface area (Å²) >= 11 is 0. The van der Waals surface area contributed by atoms with Gasteiger partial charge in [0.1, 0.15) is 11.3 Å². The molecule has 0 atom stereocenters. The predicted octanol–water partition coefficient (Wildman–Crippen LogP) is 4.15. The minimum Gasteiger partial charge on any atom is -0.480 e. The second kappa shape index (κ2) is 9.38. The zero-order valence-corrected chi connectivity index (χ0v) is 16.6. The number of carbonyl (C=O) groups is 1. The minimum absolute atomic E-state index is 0.148. The summed E-state index contributed by atoms with van der Waals surface area (Å²) < 4.78 is 6.16. The lowest BCUT2D eigenvalue weighted by Gasteiger charge is -2.37. The molecule has 0 aliphatic carbocycles. The van der Waals surface area contributed by atoms with Gasteiger partial charge in [-0.2, -0.15) is 0 Å². The van der Waals surface area contributed by atoms with E-state index in [1.54, 1.807) is 0 Å². The zero-order chi connectivity index (χ0) is 19.2. The van der Waals surface area contributed by atoms with Crippen molar-refractivity contribution in [1.82, 2.24) is 9.80 Å². The summed E-state index contributed by atoms with van der Waals surface area (Å²) in [5.41, 5.74) is 2.34. The van der Waals surface area contributed by atoms with Gasteiger partial charge >= 0.3 is 5.97 Å². The number of piperidine rings is 1. The molecule has 27 heavy (non-hydrogen) atoms. The predicted molar refractivity (Wildman–Crippen MR) is 108 cm³/mol. The molecule has 3 rings (SSSR count). The molecule has 1 aromatic heterocycles. The van der Waals surface area contributed by atoms with E-state index in [1.165, 1.54) is 10.9 Å². The van der Waals surface area contributed by atoms with Gasteiger partial charge in [-0.05, 0) is 45.0 Å². The number of hydrogen-bond donors (Lipinski definition) is 1. The SMILES string of the molecule is CCCCc1oc2ccccc2c1CN1CCC(N(CC)CC(=O)O)CC1. The number of benzene rings is 1. The van der Waals surface area contributed by atoms with Gasteiger partial charge in [0.05, 0.1) is 6.54 Å². The molecule has 5 nitrogen and oxygen atoms in total. The van der Waals surface area contributed by atoms with E-state index in [0.717, 1.165) is 69.6 Å². The fourth-order valence-corrected chi connectivity index (χ4v) is 4.20. The molecule has 1 aromatic carbocycles. The summed E-state index contributed by atoms with van der Waals surface area (Å²) in [5, 5.41) is 10.4. The highest BCUT2D eigenvalue weighted by atomic mass is 16.4. The molecule has 148 valence electrons. The number of hydrogen-bond acceptors (Lipinski definition) is 4. The molecule has 0 saturated carbocycles. The number of rotatable bonds is 9. The number of furan rings is 1. The van der Waals surface area contributed by atoms with Gasteiger partial charge in [-0.3, -0.25) is 14.6 Å². The maximum absolute atomic E-state index is 11.1. The van der Waals surface area contributed by atoms with Gasteiger partial charge in [0.25, 0.3) is 0 Å². The Bertz CT molecular complexity index is 747. The Morgan fingerprint density at radius 3 is 2.67 bits per heavy atom. The number of carboxylic acid groups (broad SMARTS) is 1. The normalized spacial score (nSPS) is 16.4. The lowest BCUT2D eigenvalue weighted by molar-refractivity contribution is -0.139. The number of nitrogens with zero attached hydrogens (tertiary/aromatic N) is 2. The first-order chi connectivity index (χ1) is 13.1. The van der Waals surface area contributed by atoms with E-state index in [1.807, 2.05) is 13.0 Å². The molecule has 1 aliphatic rings. The van der Waals surface area contributed by atoms with E-state index < -0.39 is 5.97 Å². The number of aryl methyl sites for hydroxylation is 1. The quantitative estimate of drug-likeness (QED) is 0.717. The highest BCUT2D eigenvalue weighted by Gasteiger charge is 2.26. The Morgan fingerprint density at radius 1 is 1.26 bits per heavy atom. The number of para-hydroxylation sites is 1. The van der Waals surface area contributed by atoms with Crippen LogP contribution in [0.5, 0.6) is 0 Å². The van der Waals surface area contributed by atoms with Gasteiger partial charge in [0, 0.05) is 30.0 Å². The van der Waals surface area contributed by atoms with Gasteiger partial charge in [0.15, 0.2) is 0 Å². The van der Waals surface area contributed by atoms with Crippen LogP contribution in [0.25, 0.3) is 11.0 Å². The molecular weight excluding hydrogens is 340 g/mol. The molecule has 0 amide bonds. The van der Waals surface area contributed by atoms with E-state index in [2.05, 4.69) is 34.9 Å². The third-order valence-corrected chi connectivity index (χ3v) is 5.74. The molecule has 5 heteroatoms. The van der Waals surface area contributed by atoms with Crippen LogP contribution in [-0.4, -0.2) is 53.1 Å². The van der Waals surface area contributed by atoms with E-state index in [4.69, 9.17) is 9.52 Å². The van der Waals surface area contributed by atoms with Gasteiger partial charge in [-0.15, -0.1) is 0 Å². The van der Waals surface area contributed by atoms with Crippen LogP contribution >= 0.6 is 0 Å². The first-order valence-electron chi connectivity index (χ1n) is 10.3. The van der Waals surface area contributed by atoms with Gasteiger partial charge in [-0.1, -0.05) is 38.5 Å². The maximum Gasteiger partial charge on any atom is 0.317 e. The summed E-state index contributed by atoms with van der Waals surface area (Å²) in [6.45, 7) is 8.14. The highest BCUT2D eigenvalue weighted by Crippen LogP contribution is 2.29. The lowest BCUT2D eigenvalue weighted by Crippen LogP contribution is -2.46. The van der Waals surface area contributed by atoms with E-state index in [9.17, 15) is 4.79 Å². The minimum atomic E-state index is -0.732. The van der Waals surface area contributed by atoms with E-state index in [-0.39, 0.29) is 6.54 Å². The van der Waals surface area contributed by atoms with Gasteiger partial charge < -0.3 is 9.52 Å². The third kappa shape index (κ3) is 4.90. The number of likely N-dealkylation sites (N-methyl/N-ethyl adjacent to an activating group) is 1. The summed E-state index contributed by atoms with van der Waals surface area (Å²) in [6.07, 6.45) is 5.37. The highest BCUT2D eigenvalue weighted by molar-refractivity contribution is 5.82. The summed E-state index contributed by atoms with van der Waals surface area (Å²) in [4.78, 5) is 15.7. The number of fused-ring (bicyclic) bond motifs is 1. The third-order valence-electron chi connectivity index (χ3n) is 5.74. The molecule has 0 bridgehead atoms. The first kappa shape index (κ1) is 19.9. The Labute approximate surface area is 161 Å². The van der Waals surface area contributed by atoms with Crippen molar-refractivity contribution in [2.75, 3.05) is 26.2 Å². The van der Waals surface area contributed by atoms with Crippen LogP contribution in [0.2, 0.25) is 0 Å². The largest absolute Gasteiger partial charge is 0.480 e. The summed E-state index contributed by atoms with van der Waals surface area (Å²) in [7, 11) is 0. The van der Waals surface area contributed by atoms with Crippen molar-refractivity contribution in [3.8, 4) is 0 Å². The Hall–Kier alpha value is -1.85. The molecule has 2 aromatic rings. The smallest absolute Gasteiger partial charge is 0.317 e. The molecule has 0 unspecified atom stereocenters. The van der Waals surface area contributed by atoms with Crippen LogP contribution in [-0.2, 0) is 17.8 Å². The van der Waals surface area contributed by atoms with Crippen LogP contribution in [0.3, 0.4) is 0 Å². The van der Waals surface area contributed by atoms with Crippen LogP contribution in [0.1, 0.15) is 50.9 Å². The van der Waals surface area contributed by atoms with Crippen molar-refractivity contribution in [3.63, 3.8) is 0 Å². The Morgan fingerprint density at radius 2 is 2.00 bits per heavy atom. The van der Waals surface area contributed by atoms with Crippen LogP contribution < -0.4 is 0 Å². The van der Waals surface area contributed by atoms with Crippen molar-refractivity contribution in [2.45, 2.75) is 58.5 Å². The van der Waals surface area contributed by atoms with Gasteiger partial charge in [0.2, 0.25) is 0 Å². The number of likely N-dealkylation sites (tertiary alicyclic amines) is 1. The first-order valence-corrected chi connectivity index (χ1v) is 10.3. The maximum atomic E-state index is 11.1. The molecule has 1 saturated heterocycles. The van der Waals surface area contributed by atoms with Crippen molar-refractivity contribution >= 4 is 16.9 Å². The number of carboxylic acids is 1. The second-order valence-electron chi connectivity index (χ2n) is 7.57. The Balaban J connectivity index is 1.67. The van der Waals surface area contributed by atoms with E-state index in [0.29, 0.717) is 6.04 Å². The number of unbranched alkanes of at least 4 members (excludes halogenated alkanes) is 1. The molecule has 1 N–H and O–H groups in total. The molecule has 1 fully saturated rings. The standard InChI is InChI=1S/C22H32N2O3/c1-3-5-9-21-19(18-8-6-7-10-20(18)27-21)15-23-13-11-17(12-14-23)24(4-2)16-22(25)26/h6-8,10,17H,3-5,9,11-16H2,1-2H3,(H,25,26). The van der Waals surface area contributed by atoms with Crippen molar-refractivity contribution < 1.29 is 14.3 Å². The van der Waals surface area contributed by atoms with Gasteiger partial charge in [-0.25, -0.2) is 0 Å². The zero-order valence-electron chi connectivity index (χ0n) is 16.6. The van der Waals surface area contributed by atoms with Crippen molar-refractivity contribution in [3.05, 3.63) is 35.6 Å². The fourth-order valence-electron chi connectivity index (χ4n) is 4.20. The van der Waals surface area contributed by atoms with Crippen LogP contribution in [0.15, 0.2) is 28.7 Å². The average Bonchev–Trinajstić information content (AvgIpc) is 3.02. The van der Waals surface area contributed by atoms with Crippen LogP contribution in [0, 0.1) is 0 Å². The molecular formula is C22H32N2O3. The summed E-state index contributed by atoms with van der Waals surface area (Å²) in [5.74, 6) is 0.408. The molecule has 1 aliphatic heterocycles. The van der Waals surface area contributed by atoms with Crippen LogP contribution in [0.4, 0.5) is 0 Å². The van der Waals surface area contributed by atoms with E-state index >= 15 is 0 Å². The molecule has 0 radical (unpaired) electrons. The topological polar surface area (TPSA) is 56.9 Å². The fraction of sp³-hybridized carbons (Fsp3) is 0.591. The molecule has 2 heterocycles. The average molecular weight is 373 g/mol.